The third-order valence-electron chi connectivity index (χ3n) is 3.71. The van der Waals surface area contributed by atoms with Gasteiger partial charge in [0.15, 0.2) is 10.8 Å². The topological polar surface area (TPSA) is 59.8 Å². The lowest BCUT2D eigenvalue weighted by Gasteiger charge is -2.02. The van der Waals surface area contributed by atoms with Crippen LogP contribution >= 0.6 is 11.3 Å². The maximum absolute atomic E-state index is 13.8. The molecule has 0 aliphatic rings. The van der Waals surface area contributed by atoms with E-state index < -0.39 is 11.7 Å². The molecule has 0 atom stereocenters. The highest BCUT2D eigenvalue weighted by Gasteiger charge is 2.14. The first-order valence-corrected chi connectivity index (χ1v) is 8.65. The zero-order chi connectivity index (χ0) is 17.9. The lowest BCUT2D eigenvalue weighted by atomic mass is 10.2. The van der Waals surface area contributed by atoms with Crippen LogP contribution in [0.3, 0.4) is 0 Å². The van der Waals surface area contributed by atoms with Crippen molar-refractivity contribution in [3.63, 3.8) is 0 Å². The Morgan fingerprint density at radius 1 is 1.04 bits per heavy atom. The molecule has 2 aromatic heterocycles. The van der Waals surface area contributed by atoms with Crippen LogP contribution in [0.1, 0.15) is 10.5 Å². The number of aromatic nitrogens is 3. The predicted molar refractivity (Wildman–Crippen MR) is 99.0 cm³/mol. The Bertz CT molecular complexity index is 1060. The molecule has 128 valence electrons. The highest BCUT2D eigenvalue weighted by molar-refractivity contribution is 7.19. The number of halogens is 1. The molecule has 2 aromatic carbocycles. The van der Waals surface area contributed by atoms with Crippen molar-refractivity contribution in [1.82, 2.24) is 14.8 Å². The molecule has 0 aliphatic heterocycles. The van der Waals surface area contributed by atoms with Gasteiger partial charge in [-0.15, -0.1) is 0 Å². The summed E-state index contributed by atoms with van der Waals surface area (Å²) in [6.07, 6.45) is 3.26. The van der Waals surface area contributed by atoms with E-state index in [9.17, 15) is 9.18 Å². The van der Waals surface area contributed by atoms with Crippen molar-refractivity contribution in [3.05, 3.63) is 84.6 Å². The molecule has 0 saturated carbocycles. The molecule has 7 heteroatoms. The number of carbonyl (C=O) groups excluding carboxylic acids is 1. The number of nitrogens with zero attached hydrogens (tertiary/aromatic N) is 3. The molecule has 0 bridgehead atoms. The Morgan fingerprint density at radius 3 is 2.62 bits per heavy atom. The van der Waals surface area contributed by atoms with Crippen molar-refractivity contribution < 1.29 is 9.18 Å². The van der Waals surface area contributed by atoms with Gasteiger partial charge in [-0.25, -0.2) is 14.1 Å². The molecule has 2 heterocycles. The predicted octanol–water partition coefficient (Wildman–Crippen LogP) is 4.39. The maximum Gasteiger partial charge on any atom is 0.277 e. The molecule has 1 N–H and O–H groups in total. The van der Waals surface area contributed by atoms with Crippen LogP contribution in [0.15, 0.2) is 73.1 Å². The van der Waals surface area contributed by atoms with Crippen LogP contribution in [-0.2, 0) is 0 Å². The summed E-state index contributed by atoms with van der Waals surface area (Å²) < 4.78 is 15.2. The molecule has 0 radical (unpaired) electrons. The van der Waals surface area contributed by atoms with E-state index in [2.05, 4.69) is 15.4 Å². The van der Waals surface area contributed by atoms with E-state index in [1.807, 2.05) is 30.3 Å². The van der Waals surface area contributed by atoms with E-state index >= 15 is 0 Å². The van der Waals surface area contributed by atoms with Crippen LogP contribution in [0, 0.1) is 5.82 Å². The fourth-order valence-electron chi connectivity index (χ4n) is 2.45. The zero-order valence-electron chi connectivity index (χ0n) is 13.5. The molecular formula is C19H13FN4OS. The summed E-state index contributed by atoms with van der Waals surface area (Å²) >= 11 is 1.38. The van der Waals surface area contributed by atoms with Gasteiger partial charge in [0.05, 0.1) is 4.88 Å². The second kappa shape index (κ2) is 6.89. The van der Waals surface area contributed by atoms with Crippen LogP contribution in [0.5, 0.6) is 0 Å². The summed E-state index contributed by atoms with van der Waals surface area (Å²) in [5.41, 5.74) is 1.51. The highest BCUT2D eigenvalue weighted by atomic mass is 32.1. The summed E-state index contributed by atoms with van der Waals surface area (Å²) in [6, 6.07) is 17.6. The highest BCUT2D eigenvalue weighted by Crippen LogP contribution is 2.28. The van der Waals surface area contributed by atoms with Crippen molar-refractivity contribution in [2.75, 3.05) is 5.32 Å². The van der Waals surface area contributed by atoms with E-state index in [1.54, 1.807) is 30.6 Å². The first-order chi connectivity index (χ1) is 12.7. The number of para-hydroxylation sites is 1. The van der Waals surface area contributed by atoms with Gasteiger partial charge in [-0.3, -0.25) is 10.1 Å². The van der Waals surface area contributed by atoms with E-state index in [0.717, 1.165) is 10.4 Å². The summed E-state index contributed by atoms with van der Waals surface area (Å²) in [7, 11) is 0. The third-order valence-corrected chi connectivity index (χ3v) is 4.67. The minimum atomic E-state index is -0.407. The molecule has 0 fully saturated rings. The minimum absolute atomic E-state index is 0.185. The number of rotatable bonds is 4. The first-order valence-electron chi connectivity index (χ1n) is 7.84. The summed E-state index contributed by atoms with van der Waals surface area (Å²) in [4.78, 5) is 17.6. The van der Waals surface area contributed by atoms with E-state index in [4.69, 9.17) is 0 Å². The number of carbonyl (C=O) groups is 1. The Morgan fingerprint density at radius 2 is 1.81 bits per heavy atom. The van der Waals surface area contributed by atoms with Gasteiger partial charge in [0.25, 0.3) is 5.91 Å². The van der Waals surface area contributed by atoms with E-state index in [-0.39, 0.29) is 11.4 Å². The number of benzene rings is 2. The van der Waals surface area contributed by atoms with Gasteiger partial charge in [0.1, 0.15) is 11.5 Å². The third kappa shape index (κ3) is 3.25. The minimum Gasteiger partial charge on any atom is -0.296 e. The number of nitrogens with one attached hydrogen (secondary N) is 1. The smallest absolute Gasteiger partial charge is 0.277 e. The number of amides is 1. The monoisotopic (exact) mass is 364 g/mol. The molecular weight excluding hydrogens is 351 g/mol. The molecule has 4 rings (SSSR count). The maximum atomic E-state index is 13.8. The number of thiazole rings is 1. The zero-order valence-corrected chi connectivity index (χ0v) is 14.3. The lowest BCUT2D eigenvalue weighted by molar-refractivity contribution is 0.102. The Labute approximate surface area is 152 Å². The van der Waals surface area contributed by atoms with Gasteiger partial charge in [0.2, 0.25) is 0 Å². The van der Waals surface area contributed by atoms with Crippen molar-refractivity contribution in [3.8, 4) is 16.1 Å². The van der Waals surface area contributed by atoms with Crippen molar-refractivity contribution >= 4 is 22.4 Å². The van der Waals surface area contributed by atoms with Crippen LogP contribution < -0.4 is 5.32 Å². The fourth-order valence-corrected chi connectivity index (χ4v) is 3.26. The fraction of sp³-hybridized carbons (Fsp3) is 0. The SMILES string of the molecule is O=C(Nc1ncc(-c2ccccc2)s1)c1ccn(-c2ccccc2F)n1. The molecule has 4 aromatic rings. The molecule has 1 amide bonds. The van der Waals surface area contributed by atoms with Gasteiger partial charge in [-0.1, -0.05) is 53.8 Å². The molecule has 0 unspecified atom stereocenters. The summed E-state index contributed by atoms with van der Waals surface area (Å²) in [6.45, 7) is 0. The van der Waals surface area contributed by atoms with E-state index in [0.29, 0.717) is 5.13 Å². The van der Waals surface area contributed by atoms with Crippen LogP contribution in [0.4, 0.5) is 9.52 Å². The van der Waals surface area contributed by atoms with Crippen LogP contribution in [-0.4, -0.2) is 20.7 Å². The molecule has 0 aliphatic carbocycles. The molecule has 5 nitrogen and oxygen atoms in total. The van der Waals surface area contributed by atoms with Gasteiger partial charge in [-0.05, 0) is 23.8 Å². The van der Waals surface area contributed by atoms with Crippen LogP contribution in [0.25, 0.3) is 16.1 Å². The van der Waals surface area contributed by atoms with Crippen LogP contribution in [0.2, 0.25) is 0 Å². The number of anilines is 1. The van der Waals surface area contributed by atoms with Crippen molar-refractivity contribution in [2.45, 2.75) is 0 Å². The Kier molecular flexibility index (Phi) is 4.28. The number of hydrogen-bond acceptors (Lipinski definition) is 4. The summed E-state index contributed by atoms with van der Waals surface area (Å²) in [5, 5.41) is 7.35. The van der Waals surface area contributed by atoms with Gasteiger partial charge in [-0.2, -0.15) is 5.10 Å². The quantitative estimate of drug-likeness (QED) is 0.584. The molecule has 0 saturated heterocycles. The Balaban J connectivity index is 1.51. The second-order valence-electron chi connectivity index (χ2n) is 5.45. The van der Waals surface area contributed by atoms with E-state index in [1.165, 1.54) is 28.2 Å². The largest absolute Gasteiger partial charge is 0.296 e. The lowest BCUT2D eigenvalue weighted by Crippen LogP contribution is -2.13. The first kappa shape index (κ1) is 16.2. The average molecular weight is 364 g/mol. The summed E-state index contributed by atoms with van der Waals surface area (Å²) in [5.74, 6) is -0.802. The van der Waals surface area contributed by atoms with Crippen molar-refractivity contribution in [1.29, 1.82) is 0 Å². The standard InChI is InChI=1S/C19H13FN4OS/c20-14-8-4-5-9-16(14)24-11-10-15(23-24)18(25)22-19-21-12-17(26-19)13-6-2-1-3-7-13/h1-12H,(H,21,22,25). The average Bonchev–Trinajstić information content (AvgIpc) is 3.33. The molecule has 26 heavy (non-hydrogen) atoms. The Hall–Kier alpha value is -3.32. The van der Waals surface area contributed by atoms with Gasteiger partial charge >= 0.3 is 0 Å². The molecule has 0 spiro atoms. The van der Waals surface area contributed by atoms with Gasteiger partial charge in [0, 0.05) is 12.4 Å². The normalized spacial score (nSPS) is 10.7. The second-order valence-corrected chi connectivity index (χ2v) is 6.48. The van der Waals surface area contributed by atoms with Crippen molar-refractivity contribution in [2.24, 2.45) is 0 Å². The number of hydrogen-bond donors (Lipinski definition) is 1. The van der Waals surface area contributed by atoms with Gasteiger partial charge < -0.3 is 0 Å².